The fourth-order valence-electron chi connectivity index (χ4n) is 1.56. The minimum absolute atomic E-state index is 0.398. The fourth-order valence-corrected chi connectivity index (χ4v) is 1.56. The first kappa shape index (κ1) is 14.5. The van der Waals surface area contributed by atoms with Gasteiger partial charge in [0, 0.05) is 18.7 Å². The van der Waals surface area contributed by atoms with E-state index in [2.05, 4.69) is 20.6 Å². The average molecular weight is 262 g/mol. The van der Waals surface area contributed by atoms with Gasteiger partial charge in [-0.2, -0.15) is 13.2 Å². The molecule has 0 bridgehead atoms. The van der Waals surface area contributed by atoms with Crippen molar-refractivity contribution in [1.29, 1.82) is 0 Å². The zero-order chi connectivity index (χ0) is 13.8. The summed E-state index contributed by atoms with van der Waals surface area (Å²) in [6.45, 7) is 5.77. The number of rotatable bonds is 5. The van der Waals surface area contributed by atoms with Gasteiger partial charge in [0.05, 0.1) is 6.42 Å². The largest absolute Gasteiger partial charge is 0.391 e. The summed E-state index contributed by atoms with van der Waals surface area (Å²) in [4.78, 5) is 8.18. The van der Waals surface area contributed by atoms with Gasteiger partial charge in [0.2, 0.25) is 0 Å². The molecular weight excluding hydrogens is 245 g/mol. The molecule has 0 aliphatic heterocycles. The van der Waals surface area contributed by atoms with Crippen LogP contribution < -0.4 is 10.6 Å². The Labute approximate surface area is 104 Å². The number of hydrogen-bond donors (Lipinski definition) is 2. The summed E-state index contributed by atoms with van der Waals surface area (Å²) in [6.07, 6.45) is -5.08. The number of nitrogens with one attached hydrogen (secondary N) is 2. The summed E-state index contributed by atoms with van der Waals surface area (Å²) >= 11 is 0. The van der Waals surface area contributed by atoms with Gasteiger partial charge in [-0.25, -0.2) is 9.97 Å². The van der Waals surface area contributed by atoms with E-state index in [-0.39, 0.29) is 0 Å². The molecule has 7 heteroatoms. The van der Waals surface area contributed by atoms with Gasteiger partial charge in [0.1, 0.15) is 17.5 Å². The summed E-state index contributed by atoms with van der Waals surface area (Å²) in [6, 6.07) is 0.873. The molecule has 0 fully saturated rings. The summed E-state index contributed by atoms with van der Waals surface area (Å²) in [5.41, 5.74) is 0. The highest BCUT2D eigenvalue weighted by atomic mass is 19.4. The zero-order valence-corrected chi connectivity index (χ0v) is 10.6. The quantitative estimate of drug-likeness (QED) is 0.856. The SMILES string of the molecule is CCNc1cc(NC(C)CC(F)(F)F)nc(C)n1. The van der Waals surface area contributed by atoms with Crippen LogP contribution in [0, 0.1) is 6.92 Å². The van der Waals surface area contributed by atoms with Crippen molar-refractivity contribution < 1.29 is 13.2 Å². The molecule has 1 unspecified atom stereocenters. The molecule has 1 aromatic rings. The summed E-state index contributed by atoms with van der Waals surface area (Å²) in [5, 5.41) is 5.72. The summed E-state index contributed by atoms with van der Waals surface area (Å²) < 4.78 is 36.6. The molecule has 0 saturated heterocycles. The number of nitrogens with zero attached hydrogens (tertiary/aromatic N) is 2. The first-order chi connectivity index (χ1) is 8.30. The van der Waals surface area contributed by atoms with E-state index in [1.165, 1.54) is 6.92 Å². The third-order valence-electron chi connectivity index (χ3n) is 2.13. The lowest BCUT2D eigenvalue weighted by molar-refractivity contribution is -0.136. The highest BCUT2D eigenvalue weighted by Gasteiger charge is 2.30. The van der Waals surface area contributed by atoms with Gasteiger partial charge >= 0.3 is 6.18 Å². The number of hydrogen-bond acceptors (Lipinski definition) is 4. The van der Waals surface area contributed by atoms with Crippen LogP contribution in [0.3, 0.4) is 0 Å². The lowest BCUT2D eigenvalue weighted by atomic mass is 10.2. The molecular formula is C11H17F3N4. The number of aromatic nitrogens is 2. The summed E-state index contributed by atoms with van der Waals surface area (Å²) in [5.74, 6) is 1.51. The second-order valence-electron chi connectivity index (χ2n) is 4.08. The van der Waals surface area contributed by atoms with Crippen LogP contribution in [-0.2, 0) is 0 Å². The number of anilines is 2. The molecule has 1 atom stereocenters. The minimum atomic E-state index is -4.18. The van der Waals surface area contributed by atoms with Crippen LogP contribution in [0.4, 0.5) is 24.8 Å². The Morgan fingerprint density at radius 3 is 2.44 bits per heavy atom. The molecule has 0 spiro atoms. The van der Waals surface area contributed by atoms with Crippen molar-refractivity contribution in [3.8, 4) is 0 Å². The fraction of sp³-hybridized carbons (Fsp3) is 0.636. The Hall–Kier alpha value is -1.53. The Morgan fingerprint density at radius 1 is 1.28 bits per heavy atom. The van der Waals surface area contributed by atoms with Crippen molar-refractivity contribution in [1.82, 2.24) is 9.97 Å². The standard InChI is InChI=1S/C11H17F3N4/c1-4-15-9-5-10(18-8(3)17-9)16-7(2)6-11(12,13)14/h5,7H,4,6H2,1-3H3,(H2,15,16,17,18). The second-order valence-corrected chi connectivity index (χ2v) is 4.08. The van der Waals surface area contributed by atoms with Crippen LogP contribution in [0.2, 0.25) is 0 Å². The van der Waals surface area contributed by atoms with E-state index >= 15 is 0 Å². The van der Waals surface area contributed by atoms with E-state index in [4.69, 9.17) is 0 Å². The van der Waals surface area contributed by atoms with E-state index in [1.54, 1.807) is 13.0 Å². The lowest BCUT2D eigenvalue weighted by Crippen LogP contribution is -2.24. The maximum Gasteiger partial charge on any atom is 0.391 e. The molecule has 1 heterocycles. The van der Waals surface area contributed by atoms with Crippen LogP contribution in [0.1, 0.15) is 26.1 Å². The molecule has 4 nitrogen and oxygen atoms in total. The molecule has 0 saturated carbocycles. The van der Waals surface area contributed by atoms with Crippen molar-refractivity contribution in [3.63, 3.8) is 0 Å². The van der Waals surface area contributed by atoms with Crippen molar-refractivity contribution in [2.45, 2.75) is 39.4 Å². The predicted molar refractivity (Wildman–Crippen MR) is 64.7 cm³/mol. The number of alkyl halides is 3. The first-order valence-electron chi connectivity index (χ1n) is 5.73. The van der Waals surface area contributed by atoms with Gasteiger partial charge in [-0.05, 0) is 20.8 Å². The van der Waals surface area contributed by atoms with Gasteiger partial charge in [-0.15, -0.1) is 0 Å². The molecule has 1 aromatic heterocycles. The smallest absolute Gasteiger partial charge is 0.370 e. The lowest BCUT2D eigenvalue weighted by Gasteiger charge is -2.17. The second kappa shape index (κ2) is 5.88. The normalized spacial score (nSPS) is 13.2. The van der Waals surface area contributed by atoms with E-state index in [0.29, 0.717) is 24.0 Å². The summed E-state index contributed by atoms with van der Waals surface area (Å²) in [7, 11) is 0. The van der Waals surface area contributed by atoms with Crippen LogP contribution in [0.15, 0.2) is 6.07 Å². The van der Waals surface area contributed by atoms with Gasteiger partial charge in [-0.3, -0.25) is 0 Å². The molecule has 102 valence electrons. The van der Waals surface area contributed by atoms with E-state index in [9.17, 15) is 13.2 Å². The monoisotopic (exact) mass is 262 g/mol. The highest BCUT2D eigenvalue weighted by Crippen LogP contribution is 2.23. The molecule has 0 aromatic carbocycles. The van der Waals surface area contributed by atoms with Crippen LogP contribution in [0.5, 0.6) is 0 Å². The van der Waals surface area contributed by atoms with E-state index in [1.807, 2.05) is 6.92 Å². The third kappa shape index (κ3) is 5.20. The Kier molecular flexibility index (Phi) is 4.75. The van der Waals surface area contributed by atoms with Crippen LogP contribution in [0.25, 0.3) is 0 Å². The Bertz CT molecular complexity index is 392. The molecule has 0 radical (unpaired) electrons. The zero-order valence-electron chi connectivity index (χ0n) is 10.6. The van der Waals surface area contributed by atoms with Crippen LogP contribution >= 0.6 is 0 Å². The number of aryl methyl sites for hydroxylation is 1. The molecule has 1 rings (SSSR count). The van der Waals surface area contributed by atoms with Gasteiger partial charge in [0.25, 0.3) is 0 Å². The highest BCUT2D eigenvalue weighted by molar-refractivity contribution is 5.47. The Morgan fingerprint density at radius 2 is 1.89 bits per heavy atom. The molecule has 0 aliphatic carbocycles. The topological polar surface area (TPSA) is 49.8 Å². The molecule has 0 amide bonds. The van der Waals surface area contributed by atoms with Gasteiger partial charge < -0.3 is 10.6 Å². The molecule has 18 heavy (non-hydrogen) atoms. The molecule has 2 N–H and O–H groups in total. The van der Waals surface area contributed by atoms with Gasteiger partial charge in [-0.1, -0.05) is 0 Å². The van der Waals surface area contributed by atoms with E-state index < -0.39 is 18.6 Å². The van der Waals surface area contributed by atoms with Crippen molar-refractivity contribution >= 4 is 11.6 Å². The first-order valence-corrected chi connectivity index (χ1v) is 5.73. The van der Waals surface area contributed by atoms with E-state index in [0.717, 1.165) is 0 Å². The Balaban J connectivity index is 2.71. The maximum atomic E-state index is 12.2. The average Bonchev–Trinajstić information content (AvgIpc) is 2.12. The minimum Gasteiger partial charge on any atom is -0.370 e. The van der Waals surface area contributed by atoms with Crippen molar-refractivity contribution in [3.05, 3.63) is 11.9 Å². The molecule has 0 aliphatic rings. The van der Waals surface area contributed by atoms with Gasteiger partial charge in [0.15, 0.2) is 0 Å². The number of halogens is 3. The maximum absolute atomic E-state index is 12.2. The van der Waals surface area contributed by atoms with Crippen molar-refractivity contribution in [2.75, 3.05) is 17.2 Å². The third-order valence-corrected chi connectivity index (χ3v) is 2.13. The van der Waals surface area contributed by atoms with Crippen LogP contribution in [-0.4, -0.2) is 28.7 Å². The van der Waals surface area contributed by atoms with Crippen molar-refractivity contribution in [2.24, 2.45) is 0 Å². The predicted octanol–water partition coefficient (Wildman–Crippen LogP) is 2.97.